The van der Waals surface area contributed by atoms with Gasteiger partial charge in [0.25, 0.3) is 0 Å². The summed E-state index contributed by atoms with van der Waals surface area (Å²) in [4.78, 5) is 13.3. The number of ether oxygens (including phenoxy) is 1. The Morgan fingerprint density at radius 1 is 1.75 bits per heavy atom. The number of nitrogens with zero attached hydrogens (tertiary/aromatic N) is 1. The first-order chi connectivity index (χ1) is 5.74. The van der Waals surface area contributed by atoms with E-state index in [0.717, 1.165) is 13.0 Å². The summed E-state index contributed by atoms with van der Waals surface area (Å²) >= 11 is 0. The quantitative estimate of drug-likeness (QED) is 0.473. The van der Waals surface area contributed by atoms with Gasteiger partial charge in [-0.3, -0.25) is 4.79 Å². The largest absolute Gasteiger partial charge is 0.466 e. The molecule has 0 aromatic carbocycles. The lowest BCUT2D eigenvalue weighted by atomic mass is 10.3. The molecule has 1 heterocycles. The predicted octanol–water partition coefficient (Wildman–Crippen LogP) is 1.03. The van der Waals surface area contributed by atoms with Crippen molar-refractivity contribution in [2.24, 2.45) is 0 Å². The van der Waals surface area contributed by atoms with Gasteiger partial charge in [0.05, 0.1) is 13.0 Å². The smallest absolute Gasteiger partial charge is 0.307 e. The fraction of sp³-hybridized carbons (Fsp3) is 0.889. The zero-order chi connectivity index (χ0) is 8.97. The summed E-state index contributed by atoms with van der Waals surface area (Å²) in [5, 5.41) is 0. The fourth-order valence-corrected chi connectivity index (χ4v) is 1.65. The van der Waals surface area contributed by atoms with Crippen molar-refractivity contribution in [2.45, 2.75) is 32.2 Å². The maximum absolute atomic E-state index is 11.1. The normalized spacial score (nSPS) is 24.3. The zero-order valence-electron chi connectivity index (χ0n) is 7.88. The molecule has 0 spiro atoms. The van der Waals surface area contributed by atoms with Crippen LogP contribution in [0, 0.1) is 0 Å². The number of esters is 1. The molecule has 12 heavy (non-hydrogen) atoms. The van der Waals surface area contributed by atoms with Crippen molar-refractivity contribution in [1.82, 2.24) is 4.90 Å². The van der Waals surface area contributed by atoms with Crippen LogP contribution in [0.4, 0.5) is 0 Å². The number of carbonyl (C=O) groups is 1. The van der Waals surface area contributed by atoms with Crippen LogP contribution in [0.25, 0.3) is 0 Å². The second kappa shape index (κ2) is 4.45. The molecule has 1 aliphatic heterocycles. The lowest BCUT2D eigenvalue weighted by Gasteiger charge is -2.17. The highest BCUT2D eigenvalue weighted by Gasteiger charge is 2.23. The number of carbonyl (C=O) groups excluding carboxylic acids is 1. The van der Waals surface area contributed by atoms with Gasteiger partial charge < -0.3 is 9.64 Å². The molecule has 1 aliphatic rings. The Morgan fingerprint density at radius 3 is 3.00 bits per heavy atom. The number of hydrogen-bond donors (Lipinski definition) is 0. The van der Waals surface area contributed by atoms with Gasteiger partial charge in [0.2, 0.25) is 0 Å². The molecule has 3 nitrogen and oxygen atoms in total. The van der Waals surface area contributed by atoms with Crippen LogP contribution < -0.4 is 0 Å². The van der Waals surface area contributed by atoms with Gasteiger partial charge in [0, 0.05) is 6.04 Å². The minimum atomic E-state index is -0.0590. The van der Waals surface area contributed by atoms with E-state index in [0.29, 0.717) is 19.1 Å². The van der Waals surface area contributed by atoms with E-state index in [1.165, 1.54) is 6.42 Å². The molecule has 1 saturated heterocycles. The summed E-state index contributed by atoms with van der Waals surface area (Å²) in [7, 11) is 2.07. The van der Waals surface area contributed by atoms with Crippen molar-refractivity contribution in [3.05, 3.63) is 0 Å². The van der Waals surface area contributed by atoms with Crippen LogP contribution in [0.5, 0.6) is 0 Å². The van der Waals surface area contributed by atoms with Gasteiger partial charge in [-0.2, -0.15) is 0 Å². The number of hydrogen-bond acceptors (Lipinski definition) is 3. The second-order valence-electron chi connectivity index (χ2n) is 3.29. The lowest BCUT2D eigenvalue weighted by molar-refractivity contribution is -0.144. The van der Waals surface area contributed by atoms with Crippen LogP contribution >= 0.6 is 0 Å². The van der Waals surface area contributed by atoms with Gasteiger partial charge in [0.1, 0.15) is 0 Å². The average Bonchev–Trinajstić information content (AvgIpc) is 2.37. The van der Waals surface area contributed by atoms with E-state index in [2.05, 4.69) is 11.9 Å². The van der Waals surface area contributed by atoms with E-state index >= 15 is 0 Å². The minimum Gasteiger partial charge on any atom is -0.466 e. The summed E-state index contributed by atoms with van der Waals surface area (Å²) in [5.41, 5.74) is 0. The molecule has 70 valence electrons. The van der Waals surface area contributed by atoms with Crippen LogP contribution in [-0.2, 0) is 9.53 Å². The molecule has 1 rings (SSSR count). The van der Waals surface area contributed by atoms with Crippen molar-refractivity contribution < 1.29 is 9.53 Å². The van der Waals surface area contributed by atoms with E-state index < -0.39 is 0 Å². The first kappa shape index (κ1) is 9.52. The summed E-state index contributed by atoms with van der Waals surface area (Å²) < 4.78 is 4.89. The predicted molar refractivity (Wildman–Crippen MR) is 46.9 cm³/mol. The molecule has 0 aliphatic carbocycles. The van der Waals surface area contributed by atoms with Crippen molar-refractivity contribution in [3.63, 3.8) is 0 Å². The molecule has 1 fully saturated rings. The maximum Gasteiger partial charge on any atom is 0.307 e. The van der Waals surface area contributed by atoms with Crippen LogP contribution in [0.3, 0.4) is 0 Å². The van der Waals surface area contributed by atoms with Crippen LogP contribution in [0.2, 0.25) is 0 Å². The highest BCUT2D eigenvalue weighted by Crippen LogP contribution is 2.17. The fourth-order valence-electron chi connectivity index (χ4n) is 1.65. The van der Waals surface area contributed by atoms with Crippen LogP contribution in [0.15, 0.2) is 0 Å². The first-order valence-corrected chi connectivity index (χ1v) is 4.60. The van der Waals surface area contributed by atoms with Gasteiger partial charge in [-0.05, 0) is 33.4 Å². The third kappa shape index (κ3) is 2.48. The van der Waals surface area contributed by atoms with Gasteiger partial charge in [-0.25, -0.2) is 0 Å². The summed E-state index contributed by atoms with van der Waals surface area (Å²) in [6, 6.07) is 0.420. The SMILES string of the molecule is CCO[13C](=O)[14CH2][C@@H]1CCCN1C. The molecule has 0 saturated carbocycles. The number of likely N-dealkylation sites (tertiary alicyclic amines) is 1. The Kier molecular flexibility index (Phi) is 3.53. The molecule has 0 aromatic rings. The molecule has 0 unspecified atom stereocenters. The Labute approximate surface area is 73.7 Å². The summed E-state index contributed by atoms with van der Waals surface area (Å²) in [6.07, 6.45) is 2.90. The van der Waals surface area contributed by atoms with E-state index in [1.807, 2.05) is 6.92 Å². The Balaban J connectivity index is 2.25. The Morgan fingerprint density at radius 2 is 2.50 bits per heavy atom. The lowest BCUT2D eigenvalue weighted by Crippen LogP contribution is -2.28. The second-order valence-corrected chi connectivity index (χ2v) is 3.29. The molecule has 0 amide bonds. The van der Waals surface area contributed by atoms with Crippen LogP contribution in [0.1, 0.15) is 26.2 Å². The zero-order valence-corrected chi connectivity index (χ0v) is 7.88. The Bertz CT molecular complexity index is 159. The van der Waals surface area contributed by atoms with Crippen molar-refractivity contribution in [1.29, 1.82) is 0 Å². The minimum absolute atomic E-state index is 0.0590. The third-order valence-electron chi connectivity index (χ3n) is 2.38. The highest BCUT2D eigenvalue weighted by atomic mass is 16.6. The molecular weight excluding hydrogens is 157 g/mol. The molecular formula is C9H17NO2. The van der Waals surface area contributed by atoms with E-state index in [4.69, 9.17) is 4.74 Å². The van der Waals surface area contributed by atoms with Gasteiger partial charge >= 0.3 is 5.97 Å². The molecule has 0 radical (unpaired) electrons. The number of rotatable bonds is 3. The van der Waals surface area contributed by atoms with Gasteiger partial charge in [0.15, 0.2) is 0 Å². The standard InChI is InChI=1S/C9H17NO2/c1-3-12-9(11)7-8-5-4-6-10(8)2/h8H,3-7H2,1-2H3/t8-/m0/s1/i7+2,9+1. The first-order valence-electron chi connectivity index (χ1n) is 4.60. The topological polar surface area (TPSA) is 29.5 Å². The molecule has 3 heteroatoms. The van der Waals surface area contributed by atoms with E-state index in [-0.39, 0.29) is 5.97 Å². The molecule has 0 aromatic heterocycles. The third-order valence-corrected chi connectivity index (χ3v) is 2.38. The van der Waals surface area contributed by atoms with Crippen molar-refractivity contribution in [3.8, 4) is 0 Å². The average molecular weight is 174 g/mol. The molecule has 1 atom stereocenters. The highest BCUT2D eigenvalue weighted by molar-refractivity contribution is 5.70. The monoisotopic (exact) mass is 174 g/mol. The maximum atomic E-state index is 11.1. The van der Waals surface area contributed by atoms with Crippen molar-refractivity contribution in [2.75, 3.05) is 20.2 Å². The van der Waals surface area contributed by atoms with E-state index in [1.54, 1.807) is 0 Å². The van der Waals surface area contributed by atoms with E-state index in [9.17, 15) is 4.79 Å². The Hall–Kier alpha value is -0.570. The molecule has 0 bridgehead atoms. The van der Waals surface area contributed by atoms with Crippen molar-refractivity contribution >= 4 is 5.97 Å². The molecule has 0 N–H and O–H groups in total. The van der Waals surface area contributed by atoms with Gasteiger partial charge in [-0.1, -0.05) is 0 Å². The summed E-state index contributed by atoms with van der Waals surface area (Å²) in [5.74, 6) is -0.0590. The summed E-state index contributed by atoms with van der Waals surface area (Å²) in [6.45, 7) is 3.45. The van der Waals surface area contributed by atoms with Crippen LogP contribution in [-0.4, -0.2) is 37.1 Å². The van der Waals surface area contributed by atoms with Gasteiger partial charge in [-0.15, -0.1) is 0 Å².